The summed E-state index contributed by atoms with van der Waals surface area (Å²) in [7, 11) is 0. The first-order chi connectivity index (χ1) is 10.1. The monoisotopic (exact) mass is 289 g/mol. The summed E-state index contributed by atoms with van der Waals surface area (Å²) >= 11 is 0. The highest BCUT2D eigenvalue weighted by Gasteiger charge is 2.31. The topological polar surface area (TPSA) is 67.1 Å². The number of ether oxygens (including phenoxy) is 1. The Labute approximate surface area is 123 Å². The van der Waals surface area contributed by atoms with E-state index in [2.05, 4.69) is 16.8 Å². The molecular formula is C15H19N3O3. The van der Waals surface area contributed by atoms with Crippen LogP contribution >= 0.6 is 0 Å². The van der Waals surface area contributed by atoms with Gasteiger partial charge >= 0.3 is 5.97 Å². The summed E-state index contributed by atoms with van der Waals surface area (Å²) in [5, 5.41) is 9.59. The third-order valence-electron chi connectivity index (χ3n) is 3.93. The molecule has 2 unspecified atom stereocenters. The maximum Gasteiger partial charge on any atom is 0.356 e. The second-order valence-electron chi connectivity index (χ2n) is 5.38. The van der Waals surface area contributed by atoms with E-state index in [9.17, 15) is 9.90 Å². The van der Waals surface area contributed by atoms with Crippen LogP contribution in [0.5, 0.6) is 0 Å². The van der Waals surface area contributed by atoms with Gasteiger partial charge in [-0.15, -0.1) is 0 Å². The van der Waals surface area contributed by atoms with Gasteiger partial charge in [-0.2, -0.15) is 0 Å². The van der Waals surface area contributed by atoms with Crippen molar-refractivity contribution in [3.05, 3.63) is 30.1 Å². The van der Waals surface area contributed by atoms with Gasteiger partial charge in [0.15, 0.2) is 11.5 Å². The summed E-state index contributed by atoms with van der Waals surface area (Å²) in [5.74, 6) is -0.423. The maximum atomic E-state index is 11.7. The summed E-state index contributed by atoms with van der Waals surface area (Å²) in [6, 6.07) is 5.64. The van der Waals surface area contributed by atoms with Crippen LogP contribution in [-0.4, -0.2) is 45.8 Å². The van der Waals surface area contributed by atoms with E-state index in [-0.39, 0.29) is 17.8 Å². The second kappa shape index (κ2) is 5.37. The molecule has 3 rings (SSSR count). The number of aromatic nitrogens is 2. The summed E-state index contributed by atoms with van der Waals surface area (Å²) in [5.41, 5.74) is 0.872. The second-order valence-corrected chi connectivity index (χ2v) is 5.38. The van der Waals surface area contributed by atoms with Crippen LogP contribution in [0.15, 0.2) is 24.4 Å². The van der Waals surface area contributed by atoms with Crippen molar-refractivity contribution in [3.63, 3.8) is 0 Å². The van der Waals surface area contributed by atoms with E-state index in [0.29, 0.717) is 24.6 Å². The van der Waals surface area contributed by atoms with Gasteiger partial charge in [-0.3, -0.25) is 4.40 Å². The number of nitrogens with zero attached hydrogens (tertiary/aromatic N) is 3. The van der Waals surface area contributed by atoms with Crippen molar-refractivity contribution >= 4 is 17.4 Å². The molecule has 3 heterocycles. The number of carboxylic acid groups (broad SMARTS) is 1. The van der Waals surface area contributed by atoms with Gasteiger partial charge in [0, 0.05) is 12.7 Å². The molecule has 1 aliphatic heterocycles. The lowest BCUT2D eigenvalue weighted by Crippen LogP contribution is -2.49. The Hall–Kier alpha value is -2.08. The minimum atomic E-state index is -0.960. The number of carbonyl (C=O) groups is 1. The van der Waals surface area contributed by atoms with Gasteiger partial charge < -0.3 is 14.7 Å². The first-order valence-electron chi connectivity index (χ1n) is 7.20. The van der Waals surface area contributed by atoms with Crippen LogP contribution in [0.2, 0.25) is 0 Å². The lowest BCUT2D eigenvalue weighted by atomic mass is 10.1. The van der Waals surface area contributed by atoms with Crippen molar-refractivity contribution in [2.24, 2.45) is 0 Å². The third-order valence-corrected chi connectivity index (χ3v) is 3.93. The van der Waals surface area contributed by atoms with Gasteiger partial charge in [-0.05, 0) is 25.5 Å². The van der Waals surface area contributed by atoms with E-state index >= 15 is 0 Å². The Morgan fingerprint density at radius 2 is 2.33 bits per heavy atom. The molecule has 21 heavy (non-hydrogen) atoms. The largest absolute Gasteiger partial charge is 0.476 e. The van der Waals surface area contributed by atoms with Crippen LogP contribution < -0.4 is 4.90 Å². The highest BCUT2D eigenvalue weighted by molar-refractivity contribution is 5.93. The van der Waals surface area contributed by atoms with Crippen molar-refractivity contribution in [2.45, 2.75) is 32.4 Å². The Balaban J connectivity index is 2.13. The first-order valence-corrected chi connectivity index (χ1v) is 7.20. The molecule has 0 spiro atoms. The smallest absolute Gasteiger partial charge is 0.356 e. The molecule has 1 N–H and O–H groups in total. The van der Waals surface area contributed by atoms with Crippen molar-refractivity contribution in [2.75, 3.05) is 18.1 Å². The third kappa shape index (κ3) is 2.35. The van der Waals surface area contributed by atoms with Crippen LogP contribution in [0.3, 0.4) is 0 Å². The highest BCUT2D eigenvalue weighted by atomic mass is 16.5. The first kappa shape index (κ1) is 13.9. The molecule has 112 valence electrons. The molecule has 0 aromatic carbocycles. The molecule has 0 radical (unpaired) electrons. The van der Waals surface area contributed by atoms with E-state index in [1.807, 2.05) is 25.1 Å². The number of carboxylic acids is 1. The highest BCUT2D eigenvalue weighted by Crippen LogP contribution is 2.27. The Morgan fingerprint density at radius 1 is 1.52 bits per heavy atom. The summed E-state index contributed by atoms with van der Waals surface area (Å²) in [6.45, 7) is 5.33. The summed E-state index contributed by atoms with van der Waals surface area (Å²) in [6.07, 6.45) is 2.69. The predicted octanol–water partition coefficient (Wildman–Crippen LogP) is 2.04. The fourth-order valence-electron chi connectivity index (χ4n) is 2.82. The Morgan fingerprint density at radius 3 is 3.05 bits per heavy atom. The maximum absolute atomic E-state index is 11.7. The van der Waals surface area contributed by atoms with Gasteiger partial charge in [0.05, 0.1) is 18.8 Å². The number of hydrogen-bond donors (Lipinski definition) is 1. The summed E-state index contributed by atoms with van der Waals surface area (Å²) in [4.78, 5) is 18.3. The molecule has 1 saturated heterocycles. The fraction of sp³-hybridized carbons (Fsp3) is 0.467. The van der Waals surface area contributed by atoms with Crippen LogP contribution in [-0.2, 0) is 4.74 Å². The van der Waals surface area contributed by atoms with Crippen LogP contribution in [0.1, 0.15) is 30.8 Å². The van der Waals surface area contributed by atoms with Gasteiger partial charge in [0.2, 0.25) is 0 Å². The van der Waals surface area contributed by atoms with Gasteiger partial charge in [0.25, 0.3) is 0 Å². The molecule has 6 nitrogen and oxygen atoms in total. The summed E-state index contributed by atoms with van der Waals surface area (Å²) < 4.78 is 7.31. The predicted molar refractivity (Wildman–Crippen MR) is 79.0 cm³/mol. The van der Waals surface area contributed by atoms with E-state index < -0.39 is 5.97 Å². The molecule has 1 fully saturated rings. The van der Waals surface area contributed by atoms with Gasteiger partial charge in [0.1, 0.15) is 5.65 Å². The molecule has 0 bridgehead atoms. The van der Waals surface area contributed by atoms with E-state index in [1.165, 1.54) is 0 Å². The number of fused-ring (bicyclic) bond motifs is 1. The van der Waals surface area contributed by atoms with Crippen molar-refractivity contribution < 1.29 is 14.6 Å². The zero-order chi connectivity index (χ0) is 15.0. The van der Waals surface area contributed by atoms with Crippen LogP contribution in [0.25, 0.3) is 5.65 Å². The number of anilines is 1. The number of pyridine rings is 1. The average Bonchev–Trinajstić information content (AvgIpc) is 2.86. The molecule has 0 saturated carbocycles. The fourth-order valence-corrected chi connectivity index (χ4v) is 2.82. The zero-order valence-electron chi connectivity index (χ0n) is 12.2. The average molecular weight is 289 g/mol. The van der Waals surface area contributed by atoms with Gasteiger partial charge in [-0.1, -0.05) is 13.0 Å². The molecule has 2 aromatic rings. The van der Waals surface area contributed by atoms with E-state index in [4.69, 9.17) is 4.74 Å². The molecule has 0 aliphatic carbocycles. The minimum absolute atomic E-state index is 0.0688. The SMILES string of the molecule is CCC1COC(C)CN1c1nc2ccccn2c1C(=O)O. The molecule has 2 aromatic heterocycles. The Kier molecular flexibility index (Phi) is 3.55. The number of rotatable bonds is 3. The quantitative estimate of drug-likeness (QED) is 0.936. The molecule has 2 atom stereocenters. The van der Waals surface area contributed by atoms with Crippen LogP contribution in [0.4, 0.5) is 5.82 Å². The molecule has 0 amide bonds. The number of hydrogen-bond acceptors (Lipinski definition) is 4. The molecule has 1 aliphatic rings. The number of aromatic carboxylic acids is 1. The molecule has 6 heteroatoms. The van der Waals surface area contributed by atoms with E-state index in [0.717, 1.165) is 6.42 Å². The molecular weight excluding hydrogens is 270 g/mol. The van der Waals surface area contributed by atoms with Crippen molar-refractivity contribution in [1.29, 1.82) is 0 Å². The standard InChI is InChI=1S/C15H19N3O3/c1-3-11-9-21-10(2)8-18(11)14-13(15(19)20)17-7-5-4-6-12(17)16-14/h4-7,10-11H,3,8-9H2,1-2H3,(H,19,20). The lowest BCUT2D eigenvalue weighted by molar-refractivity contribution is 0.0294. The number of morpholine rings is 1. The van der Waals surface area contributed by atoms with Crippen molar-refractivity contribution in [1.82, 2.24) is 9.38 Å². The minimum Gasteiger partial charge on any atom is -0.476 e. The Bertz CT molecular complexity index is 667. The zero-order valence-corrected chi connectivity index (χ0v) is 12.2. The van der Waals surface area contributed by atoms with Crippen LogP contribution in [0, 0.1) is 0 Å². The van der Waals surface area contributed by atoms with Gasteiger partial charge in [-0.25, -0.2) is 9.78 Å². The van der Waals surface area contributed by atoms with Crippen molar-refractivity contribution in [3.8, 4) is 0 Å². The normalized spacial score (nSPS) is 22.7. The van der Waals surface area contributed by atoms with E-state index in [1.54, 1.807) is 10.6 Å². The lowest BCUT2D eigenvalue weighted by Gasteiger charge is -2.38. The number of imidazole rings is 1.